The molecule has 22 heavy (non-hydrogen) atoms. The van der Waals surface area contributed by atoms with E-state index in [1.165, 1.54) is 0 Å². The van der Waals surface area contributed by atoms with Gasteiger partial charge < -0.3 is 5.11 Å². The van der Waals surface area contributed by atoms with Crippen LogP contribution in [0.25, 0.3) is 0 Å². The van der Waals surface area contributed by atoms with Crippen LogP contribution in [0.2, 0.25) is 0 Å². The molecule has 4 rings (SSSR count). The van der Waals surface area contributed by atoms with Crippen LogP contribution < -0.4 is 0 Å². The molecule has 8 atom stereocenters. The summed E-state index contributed by atoms with van der Waals surface area (Å²) in [7, 11) is 0. The summed E-state index contributed by atoms with van der Waals surface area (Å²) in [6.45, 7) is 4.46. The van der Waals surface area contributed by atoms with Crippen molar-refractivity contribution in [3.05, 3.63) is 0 Å². The molecule has 0 radical (unpaired) electrons. The van der Waals surface area contributed by atoms with Crippen molar-refractivity contribution < 1.29 is 14.3 Å². The summed E-state index contributed by atoms with van der Waals surface area (Å²) in [6.07, 6.45) is 6.37. The number of halogens is 1. The van der Waals surface area contributed by atoms with Crippen molar-refractivity contribution >= 4 is 5.78 Å². The van der Waals surface area contributed by atoms with Gasteiger partial charge in [-0.3, -0.25) is 4.79 Å². The highest BCUT2D eigenvalue weighted by Crippen LogP contribution is 2.65. The molecular formula is C19H29FO2. The quantitative estimate of drug-likeness (QED) is 0.737. The number of hydrogen-bond acceptors (Lipinski definition) is 2. The molecule has 4 saturated carbocycles. The lowest BCUT2D eigenvalue weighted by Gasteiger charge is -2.59. The van der Waals surface area contributed by atoms with Gasteiger partial charge in [-0.1, -0.05) is 13.8 Å². The van der Waals surface area contributed by atoms with Gasteiger partial charge in [-0.15, -0.1) is 0 Å². The number of hydrogen-bond donors (Lipinski definition) is 1. The molecule has 0 aliphatic heterocycles. The molecule has 1 N–H and O–H groups in total. The van der Waals surface area contributed by atoms with E-state index >= 15 is 0 Å². The number of carbonyl (C=O) groups is 1. The van der Waals surface area contributed by atoms with E-state index in [4.69, 9.17) is 0 Å². The van der Waals surface area contributed by atoms with E-state index in [0.717, 1.165) is 44.9 Å². The number of aliphatic hydroxyl groups is 1. The SMILES string of the molecule is C[C@]12CC[C@H](O)C[C@@H]1CC[C@@H]1[C@@H]2CC[C@]2(C)C(=O)[C@H](F)C[C@@H]12. The molecule has 3 heteroatoms. The van der Waals surface area contributed by atoms with Gasteiger partial charge in [-0.25, -0.2) is 4.39 Å². The second kappa shape index (κ2) is 4.78. The lowest BCUT2D eigenvalue weighted by atomic mass is 9.45. The fraction of sp³-hybridized carbons (Fsp3) is 0.947. The van der Waals surface area contributed by atoms with Crippen LogP contribution in [0.1, 0.15) is 65.2 Å². The van der Waals surface area contributed by atoms with Crippen molar-refractivity contribution in [2.24, 2.45) is 34.5 Å². The Hall–Kier alpha value is -0.440. The second-order valence-electron chi connectivity index (χ2n) is 9.11. The number of carbonyl (C=O) groups excluding carboxylic acids is 1. The number of ketones is 1. The molecule has 4 aliphatic carbocycles. The third-order valence-electron chi connectivity index (χ3n) is 8.34. The Labute approximate surface area is 132 Å². The van der Waals surface area contributed by atoms with Gasteiger partial charge >= 0.3 is 0 Å². The van der Waals surface area contributed by atoms with Gasteiger partial charge in [-0.05, 0) is 80.5 Å². The molecule has 0 aromatic rings. The minimum atomic E-state index is -1.22. The van der Waals surface area contributed by atoms with E-state index in [1.54, 1.807) is 0 Å². The lowest BCUT2D eigenvalue weighted by Crippen LogP contribution is -2.54. The Balaban J connectivity index is 1.64. The van der Waals surface area contributed by atoms with Gasteiger partial charge in [0.15, 0.2) is 12.0 Å². The molecule has 0 amide bonds. The first-order valence-corrected chi connectivity index (χ1v) is 9.23. The minimum Gasteiger partial charge on any atom is -0.393 e. The predicted octanol–water partition coefficient (Wildman–Crippen LogP) is 3.91. The molecule has 0 bridgehead atoms. The maximum absolute atomic E-state index is 14.1. The summed E-state index contributed by atoms with van der Waals surface area (Å²) in [5.74, 6) is 1.94. The van der Waals surface area contributed by atoms with Crippen LogP contribution in [0.5, 0.6) is 0 Å². The number of fused-ring (bicyclic) bond motifs is 5. The second-order valence-corrected chi connectivity index (χ2v) is 9.11. The zero-order valence-electron chi connectivity index (χ0n) is 13.9. The molecule has 0 heterocycles. The first-order valence-electron chi connectivity index (χ1n) is 9.23. The maximum Gasteiger partial charge on any atom is 0.173 e. The Morgan fingerprint density at radius 2 is 1.82 bits per heavy atom. The van der Waals surface area contributed by atoms with E-state index in [2.05, 4.69) is 6.92 Å². The highest BCUT2D eigenvalue weighted by atomic mass is 19.1. The standard InChI is InChI=1S/C19H29FO2/c1-18-7-5-12(21)9-11(18)3-4-13-14(18)6-8-19(2)15(13)10-16(20)17(19)22/h11-16,21H,3-10H2,1-2H3/t11-,12-,13+,14-,15-,16+,18-,19-/m0/s1. The smallest absolute Gasteiger partial charge is 0.173 e. The van der Waals surface area contributed by atoms with Crippen LogP contribution in [0.4, 0.5) is 4.39 Å². The zero-order chi connectivity index (χ0) is 15.7. The van der Waals surface area contributed by atoms with E-state index in [0.29, 0.717) is 29.6 Å². The molecule has 0 aromatic carbocycles. The molecule has 4 aliphatic rings. The highest BCUT2D eigenvalue weighted by Gasteiger charge is 2.62. The molecule has 0 unspecified atom stereocenters. The lowest BCUT2D eigenvalue weighted by molar-refractivity contribution is -0.143. The van der Waals surface area contributed by atoms with Gasteiger partial charge in [0, 0.05) is 5.41 Å². The molecule has 0 saturated heterocycles. The summed E-state index contributed by atoms with van der Waals surface area (Å²) in [5, 5.41) is 10.0. The molecule has 4 fully saturated rings. The Bertz CT molecular complexity index is 492. The summed E-state index contributed by atoms with van der Waals surface area (Å²) < 4.78 is 14.1. The first-order chi connectivity index (χ1) is 10.4. The monoisotopic (exact) mass is 308 g/mol. The highest BCUT2D eigenvalue weighted by molar-refractivity contribution is 5.91. The average Bonchev–Trinajstić information content (AvgIpc) is 2.72. The molecule has 2 nitrogen and oxygen atoms in total. The van der Waals surface area contributed by atoms with Crippen LogP contribution in [0.3, 0.4) is 0 Å². The van der Waals surface area contributed by atoms with Crippen LogP contribution in [-0.2, 0) is 4.79 Å². The van der Waals surface area contributed by atoms with Crippen molar-refractivity contribution in [1.82, 2.24) is 0 Å². The maximum atomic E-state index is 14.1. The topological polar surface area (TPSA) is 37.3 Å². The van der Waals surface area contributed by atoms with Crippen LogP contribution >= 0.6 is 0 Å². The normalized spacial score (nSPS) is 57.9. The minimum absolute atomic E-state index is 0.109. The Morgan fingerprint density at radius 3 is 2.59 bits per heavy atom. The zero-order valence-corrected chi connectivity index (χ0v) is 13.9. The first kappa shape index (κ1) is 15.1. The molecule has 0 spiro atoms. The van der Waals surface area contributed by atoms with E-state index < -0.39 is 11.6 Å². The van der Waals surface area contributed by atoms with E-state index in [9.17, 15) is 14.3 Å². The number of alkyl halides is 1. The van der Waals surface area contributed by atoms with Gasteiger partial charge in [0.05, 0.1) is 6.10 Å². The Kier molecular flexibility index (Phi) is 3.28. The van der Waals surface area contributed by atoms with Gasteiger partial charge in [0.25, 0.3) is 0 Å². The summed E-state index contributed by atoms with van der Waals surface area (Å²) >= 11 is 0. The molecular weight excluding hydrogens is 279 g/mol. The molecule has 124 valence electrons. The van der Waals surface area contributed by atoms with Crippen molar-refractivity contribution in [1.29, 1.82) is 0 Å². The average molecular weight is 308 g/mol. The molecule has 0 aromatic heterocycles. The van der Waals surface area contributed by atoms with Crippen LogP contribution in [0.15, 0.2) is 0 Å². The van der Waals surface area contributed by atoms with Gasteiger partial charge in [0.1, 0.15) is 0 Å². The van der Waals surface area contributed by atoms with Crippen molar-refractivity contribution in [2.75, 3.05) is 0 Å². The summed E-state index contributed by atoms with van der Waals surface area (Å²) in [6, 6.07) is 0. The van der Waals surface area contributed by atoms with Crippen molar-refractivity contribution in [2.45, 2.75) is 77.5 Å². The summed E-state index contributed by atoms with van der Waals surface area (Å²) in [4.78, 5) is 12.3. The summed E-state index contributed by atoms with van der Waals surface area (Å²) in [5.41, 5.74) is -0.0844. The van der Waals surface area contributed by atoms with Crippen LogP contribution in [-0.4, -0.2) is 23.2 Å². The van der Waals surface area contributed by atoms with Crippen LogP contribution in [0, 0.1) is 34.5 Å². The van der Waals surface area contributed by atoms with Gasteiger partial charge in [0.2, 0.25) is 0 Å². The fourth-order valence-electron chi connectivity index (χ4n) is 6.98. The van der Waals surface area contributed by atoms with E-state index in [-0.39, 0.29) is 17.8 Å². The third-order valence-corrected chi connectivity index (χ3v) is 8.34. The van der Waals surface area contributed by atoms with Crippen molar-refractivity contribution in [3.8, 4) is 0 Å². The van der Waals surface area contributed by atoms with Crippen molar-refractivity contribution in [3.63, 3.8) is 0 Å². The number of Topliss-reactive ketones (excluding diaryl/α,β-unsaturated/α-hetero) is 1. The predicted molar refractivity (Wildman–Crippen MR) is 83.0 cm³/mol. The largest absolute Gasteiger partial charge is 0.393 e. The Morgan fingerprint density at radius 1 is 1.05 bits per heavy atom. The number of aliphatic hydroxyl groups excluding tert-OH is 1. The number of rotatable bonds is 0. The fourth-order valence-corrected chi connectivity index (χ4v) is 6.98. The van der Waals surface area contributed by atoms with E-state index in [1.807, 2.05) is 6.92 Å². The van der Waals surface area contributed by atoms with Gasteiger partial charge in [-0.2, -0.15) is 0 Å². The third kappa shape index (κ3) is 1.84.